The Bertz CT molecular complexity index is 481. The second kappa shape index (κ2) is 6.65. The van der Waals surface area contributed by atoms with E-state index in [0.29, 0.717) is 12.5 Å². The normalized spacial score (nSPS) is 10.3. The summed E-state index contributed by atoms with van der Waals surface area (Å²) in [5, 5.41) is 3.19. The van der Waals surface area contributed by atoms with Crippen molar-refractivity contribution in [1.29, 1.82) is 0 Å². The summed E-state index contributed by atoms with van der Waals surface area (Å²) in [4.78, 5) is 8.39. The number of rotatable bonds is 5. The lowest BCUT2D eigenvalue weighted by molar-refractivity contribution is 0.965. The van der Waals surface area contributed by atoms with Gasteiger partial charge >= 0.3 is 0 Å². The van der Waals surface area contributed by atoms with Gasteiger partial charge in [0, 0.05) is 22.5 Å². The second-order valence-electron chi connectivity index (χ2n) is 3.93. The molecule has 1 heterocycles. The number of nitrogens with two attached hydrogens (primary N) is 1. The fourth-order valence-electron chi connectivity index (χ4n) is 1.58. The predicted octanol–water partition coefficient (Wildman–Crippen LogP) is 2.19. The number of hydrogen-bond acceptors (Lipinski definition) is 4. The van der Waals surface area contributed by atoms with Gasteiger partial charge in [0.05, 0.1) is 0 Å². The topological polar surface area (TPSA) is 63.8 Å². The van der Waals surface area contributed by atoms with Crippen LogP contribution in [-0.2, 0) is 13.0 Å². The lowest BCUT2D eigenvalue weighted by atomic mass is 10.1. The van der Waals surface area contributed by atoms with Crippen molar-refractivity contribution < 1.29 is 0 Å². The molecule has 0 aliphatic heterocycles. The van der Waals surface area contributed by atoms with Crippen molar-refractivity contribution in [2.75, 3.05) is 11.9 Å². The standard InChI is InChI=1S/C13H15IN4/c14-12-8-17-13(18-9-12)16-7-11-3-1-10(2-4-11)5-6-15/h1-4,8-9H,5-7,15H2,(H,16,17,18). The lowest BCUT2D eigenvalue weighted by Crippen LogP contribution is -2.05. The quantitative estimate of drug-likeness (QED) is 0.808. The van der Waals surface area contributed by atoms with Crippen LogP contribution in [0.5, 0.6) is 0 Å². The Morgan fingerprint density at radius 3 is 2.28 bits per heavy atom. The maximum atomic E-state index is 5.52. The van der Waals surface area contributed by atoms with Crippen molar-refractivity contribution in [1.82, 2.24) is 9.97 Å². The van der Waals surface area contributed by atoms with E-state index >= 15 is 0 Å². The molecule has 94 valence electrons. The first kappa shape index (κ1) is 13.2. The third-order valence-corrected chi connectivity index (χ3v) is 3.08. The van der Waals surface area contributed by atoms with Crippen molar-refractivity contribution in [2.24, 2.45) is 5.73 Å². The van der Waals surface area contributed by atoms with Crippen LogP contribution in [0.4, 0.5) is 5.95 Å². The number of hydrogen-bond donors (Lipinski definition) is 2. The molecule has 18 heavy (non-hydrogen) atoms. The minimum absolute atomic E-state index is 0.654. The maximum absolute atomic E-state index is 5.52. The van der Waals surface area contributed by atoms with Crippen LogP contribution in [0, 0.1) is 3.57 Å². The zero-order valence-corrected chi connectivity index (χ0v) is 12.1. The van der Waals surface area contributed by atoms with E-state index in [1.807, 2.05) is 0 Å². The molecule has 0 saturated carbocycles. The van der Waals surface area contributed by atoms with E-state index in [9.17, 15) is 0 Å². The minimum Gasteiger partial charge on any atom is -0.350 e. The van der Waals surface area contributed by atoms with E-state index in [4.69, 9.17) is 5.73 Å². The van der Waals surface area contributed by atoms with Gasteiger partial charge in [-0.2, -0.15) is 0 Å². The van der Waals surface area contributed by atoms with Crippen molar-refractivity contribution in [3.05, 3.63) is 51.4 Å². The number of aromatic nitrogens is 2. The Kier molecular flexibility index (Phi) is 4.89. The smallest absolute Gasteiger partial charge is 0.222 e. The first-order chi connectivity index (χ1) is 8.78. The summed E-state index contributed by atoms with van der Waals surface area (Å²) in [6.45, 7) is 1.41. The summed E-state index contributed by atoms with van der Waals surface area (Å²) >= 11 is 2.18. The van der Waals surface area contributed by atoms with Crippen molar-refractivity contribution in [3.63, 3.8) is 0 Å². The van der Waals surface area contributed by atoms with E-state index in [1.54, 1.807) is 12.4 Å². The van der Waals surface area contributed by atoms with Crippen LogP contribution >= 0.6 is 22.6 Å². The van der Waals surface area contributed by atoms with Crippen LogP contribution in [0.2, 0.25) is 0 Å². The summed E-state index contributed by atoms with van der Waals surface area (Å²) < 4.78 is 1.03. The van der Waals surface area contributed by atoms with Crippen molar-refractivity contribution >= 4 is 28.5 Å². The Morgan fingerprint density at radius 2 is 1.67 bits per heavy atom. The average Bonchev–Trinajstić information content (AvgIpc) is 2.40. The van der Waals surface area contributed by atoms with E-state index < -0.39 is 0 Å². The number of nitrogens with zero attached hydrogens (tertiary/aromatic N) is 2. The predicted molar refractivity (Wildman–Crippen MR) is 81.3 cm³/mol. The molecule has 0 radical (unpaired) electrons. The van der Waals surface area contributed by atoms with E-state index in [0.717, 1.165) is 16.5 Å². The molecule has 0 aliphatic carbocycles. The van der Waals surface area contributed by atoms with Gasteiger partial charge in [-0.05, 0) is 46.7 Å². The van der Waals surface area contributed by atoms with Gasteiger partial charge in [-0.1, -0.05) is 24.3 Å². The van der Waals surface area contributed by atoms with Crippen LogP contribution in [0.25, 0.3) is 0 Å². The van der Waals surface area contributed by atoms with Crippen LogP contribution in [-0.4, -0.2) is 16.5 Å². The molecule has 0 aliphatic rings. The molecule has 0 amide bonds. The third kappa shape index (κ3) is 3.92. The molecular formula is C13H15IN4. The molecule has 0 spiro atoms. The van der Waals surface area contributed by atoms with Gasteiger partial charge in [-0.15, -0.1) is 0 Å². The first-order valence-corrected chi connectivity index (χ1v) is 6.85. The molecule has 1 aromatic heterocycles. The summed E-state index contributed by atoms with van der Waals surface area (Å²) in [5.41, 5.74) is 7.99. The number of benzene rings is 1. The average molecular weight is 354 g/mol. The van der Waals surface area contributed by atoms with Gasteiger partial charge in [-0.25, -0.2) is 9.97 Å². The van der Waals surface area contributed by atoms with E-state index in [1.165, 1.54) is 11.1 Å². The van der Waals surface area contributed by atoms with Crippen LogP contribution < -0.4 is 11.1 Å². The van der Waals surface area contributed by atoms with Crippen molar-refractivity contribution in [3.8, 4) is 0 Å². The van der Waals surface area contributed by atoms with Crippen molar-refractivity contribution in [2.45, 2.75) is 13.0 Å². The van der Waals surface area contributed by atoms with Gasteiger partial charge in [0.1, 0.15) is 0 Å². The SMILES string of the molecule is NCCc1ccc(CNc2ncc(I)cn2)cc1. The monoisotopic (exact) mass is 354 g/mol. The molecular weight excluding hydrogens is 339 g/mol. The van der Waals surface area contributed by atoms with E-state index in [-0.39, 0.29) is 0 Å². The largest absolute Gasteiger partial charge is 0.350 e. The fraction of sp³-hybridized carbons (Fsp3) is 0.231. The molecule has 2 rings (SSSR count). The molecule has 0 atom stereocenters. The van der Waals surface area contributed by atoms with E-state index in [2.05, 4.69) is 62.1 Å². The lowest BCUT2D eigenvalue weighted by Gasteiger charge is -2.05. The second-order valence-corrected chi connectivity index (χ2v) is 5.18. The Balaban J connectivity index is 1.91. The summed E-state index contributed by atoms with van der Waals surface area (Å²) in [6.07, 6.45) is 4.51. The van der Waals surface area contributed by atoms with Gasteiger partial charge in [0.15, 0.2) is 0 Å². The minimum atomic E-state index is 0.654. The summed E-state index contributed by atoms with van der Waals surface area (Å²) in [6, 6.07) is 8.42. The highest BCUT2D eigenvalue weighted by atomic mass is 127. The molecule has 0 bridgehead atoms. The Morgan fingerprint density at radius 1 is 1.06 bits per heavy atom. The Labute approximate surface area is 120 Å². The molecule has 5 heteroatoms. The number of halogens is 1. The molecule has 1 aromatic carbocycles. The third-order valence-electron chi connectivity index (χ3n) is 2.53. The van der Waals surface area contributed by atoms with Crippen LogP contribution in [0.1, 0.15) is 11.1 Å². The number of nitrogens with one attached hydrogen (secondary N) is 1. The van der Waals surface area contributed by atoms with Gasteiger partial charge in [0.25, 0.3) is 0 Å². The first-order valence-electron chi connectivity index (χ1n) is 5.77. The molecule has 4 nitrogen and oxygen atoms in total. The summed E-state index contributed by atoms with van der Waals surface area (Å²) in [7, 11) is 0. The number of anilines is 1. The molecule has 3 N–H and O–H groups in total. The van der Waals surface area contributed by atoms with Gasteiger partial charge in [-0.3, -0.25) is 0 Å². The highest BCUT2D eigenvalue weighted by Gasteiger charge is 1.97. The molecule has 0 unspecified atom stereocenters. The van der Waals surface area contributed by atoms with Crippen LogP contribution in [0.15, 0.2) is 36.7 Å². The molecule has 2 aromatic rings. The van der Waals surface area contributed by atoms with Gasteiger partial charge < -0.3 is 11.1 Å². The van der Waals surface area contributed by atoms with Gasteiger partial charge in [0.2, 0.25) is 5.95 Å². The fourth-order valence-corrected chi connectivity index (χ4v) is 1.85. The Hall–Kier alpha value is -1.21. The summed E-state index contributed by atoms with van der Waals surface area (Å²) in [5.74, 6) is 0.654. The maximum Gasteiger partial charge on any atom is 0.222 e. The zero-order chi connectivity index (χ0) is 12.8. The highest BCUT2D eigenvalue weighted by molar-refractivity contribution is 14.1. The van der Waals surface area contributed by atoms with Crippen LogP contribution in [0.3, 0.4) is 0 Å². The highest BCUT2D eigenvalue weighted by Crippen LogP contribution is 2.08. The zero-order valence-electron chi connectivity index (χ0n) is 9.94. The molecule has 0 fully saturated rings. The molecule has 0 saturated heterocycles.